The number of unbranched alkanes of at least 4 members (excludes halogenated alkanes) is 3. The molecule has 1 fully saturated rings. The molecule has 150 valence electrons. The number of aromatic nitrogens is 3. The Labute approximate surface area is 155 Å². The van der Waals surface area contributed by atoms with Gasteiger partial charge >= 0.3 is 5.69 Å². The van der Waals surface area contributed by atoms with Gasteiger partial charge in [0.2, 0.25) is 17.8 Å². The van der Waals surface area contributed by atoms with Crippen LogP contribution in [0.3, 0.4) is 0 Å². The lowest BCUT2D eigenvalue weighted by atomic mass is 10.1. The molecule has 0 aliphatic carbocycles. The smallest absolute Gasteiger partial charge is 0.354 e. The Morgan fingerprint density at radius 3 is 2.48 bits per heavy atom. The van der Waals surface area contributed by atoms with Gasteiger partial charge in [0, 0.05) is 19.3 Å². The summed E-state index contributed by atoms with van der Waals surface area (Å²) in [6.07, 6.45) is 3.12. The summed E-state index contributed by atoms with van der Waals surface area (Å²) in [7, 11) is 0. The third-order valence-electron chi connectivity index (χ3n) is 4.33. The third-order valence-corrected chi connectivity index (χ3v) is 4.33. The monoisotopic (exact) mass is 383 g/mol. The van der Waals surface area contributed by atoms with E-state index >= 15 is 0 Å². The van der Waals surface area contributed by atoms with Gasteiger partial charge in [0.1, 0.15) is 12.6 Å². The van der Waals surface area contributed by atoms with E-state index in [2.05, 4.69) is 15.3 Å². The lowest BCUT2D eigenvalue weighted by Crippen LogP contribution is -2.29. The molecule has 0 radical (unpaired) electrons. The first-order chi connectivity index (χ1) is 12.9. The minimum atomic E-state index is -0.653. The van der Waals surface area contributed by atoms with Crippen molar-refractivity contribution < 1.29 is 24.6 Å². The minimum absolute atomic E-state index is 0.0764. The van der Waals surface area contributed by atoms with Crippen LogP contribution in [0.4, 0.5) is 5.95 Å². The van der Waals surface area contributed by atoms with Crippen molar-refractivity contribution in [1.82, 2.24) is 20.0 Å². The maximum Gasteiger partial charge on any atom is 0.354 e. The Hall–Kier alpha value is -2.37. The SMILES string of the molecule is CC1OC(n2cnc(NC(=O)CCCCCCC(=O)NO)nc2=O)C[C@@H]1O. The van der Waals surface area contributed by atoms with Crippen molar-refractivity contribution in [3.05, 3.63) is 16.8 Å². The lowest BCUT2D eigenvalue weighted by Gasteiger charge is -2.13. The van der Waals surface area contributed by atoms with Crippen molar-refractivity contribution in [2.75, 3.05) is 5.32 Å². The highest BCUT2D eigenvalue weighted by Gasteiger charge is 2.32. The van der Waals surface area contributed by atoms with Crippen LogP contribution in [-0.2, 0) is 14.3 Å². The predicted molar refractivity (Wildman–Crippen MR) is 92.8 cm³/mol. The standard InChI is InChI=1S/C16H25N5O6/c1-10-11(22)8-14(27-10)21-9-17-15(19-16(21)25)18-12(23)6-4-2-3-5-7-13(24)20-26/h9-11,14,22,26H,2-8H2,1H3,(H,20,24)(H,18,19,23,25)/t10?,11-,14?/m0/s1. The summed E-state index contributed by atoms with van der Waals surface area (Å²) in [5.74, 6) is -0.805. The Balaban J connectivity index is 1.74. The molecule has 1 aliphatic heterocycles. The summed E-state index contributed by atoms with van der Waals surface area (Å²) in [5, 5.41) is 20.5. The number of aliphatic hydroxyl groups excluding tert-OH is 1. The Morgan fingerprint density at radius 1 is 1.26 bits per heavy atom. The highest BCUT2D eigenvalue weighted by Crippen LogP contribution is 2.26. The Bertz CT molecular complexity index is 699. The van der Waals surface area contributed by atoms with Crippen LogP contribution in [0.15, 0.2) is 11.1 Å². The molecule has 2 amide bonds. The van der Waals surface area contributed by atoms with Gasteiger partial charge < -0.3 is 9.84 Å². The number of hydrogen-bond donors (Lipinski definition) is 4. The van der Waals surface area contributed by atoms with Crippen LogP contribution in [0.25, 0.3) is 0 Å². The van der Waals surface area contributed by atoms with Crippen LogP contribution in [0.2, 0.25) is 0 Å². The lowest BCUT2D eigenvalue weighted by molar-refractivity contribution is -0.129. The fraction of sp³-hybridized carbons (Fsp3) is 0.688. The highest BCUT2D eigenvalue weighted by atomic mass is 16.5. The van der Waals surface area contributed by atoms with Gasteiger partial charge in [-0.05, 0) is 19.8 Å². The molecule has 3 atom stereocenters. The van der Waals surface area contributed by atoms with Gasteiger partial charge in [-0.3, -0.25) is 24.7 Å². The Kier molecular flexibility index (Phi) is 7.82. The summed E-state index contributed by atoms with van der Waals surface area (Å²) < 4.78 is 6.66. The molecule has 1 saturated heterocycles. The maximum absolute atomic E-state index is 12.1. The molecule has 11 nitrogen and oxygen atoms in total. The molecule has 1 aromatic heterocycles. The quantitative estimate of drug-likeness (QED) is 0.266. The average molecular weight is 383 g/mol. The largest absolute Gasteiger partial charge is 0.390 e. The van der Waals surface area contributed by atoms with E-state index in [4.69, 9.17) is 9.94 Å². The van der Waals surface area contributed by atoms with Crippen molar-refractivity contribution >= 4 is 17.8 Å². The number of hydroxylamine groups is 1. The van der Waals surface area contributed by atoms with Gasteiger partial charge in [-0.25, -0.2) is 15.3 Å². The van der Waals surface area contributed by atoms with Crippen LogP contribution in [-0.4, -0.2) is 48.9 Å². The first-order valence-corrected chi connectivity index (χ1v) is 8.92. The van der Waals surface area contributed by atoms with Crippen molar-refractivity contribution in [3.8, 4) is 0 Å². The molecule has 27 heavy (non-hydrogen) atoms. The van der Waals surface area contributed by atoms with Gasteiger partial charge in [-0.2, -0.15) is 4.98 Å². The van der Waals surface area contributed by atoms with Gasteiger partial charge in [-0.15, -0.1) is 0 Å². The minimum Gasteiger partial charge on any atom is -0.390 e. The second kappa shape index (κ2) is 10.1. The molecule has 0 aromatic carbocycles. The number of rotatable bonds is 9. The van der Waals surface area contributed by atoms with Crippen molar-refractivity contribution in [3.63, 3.8) is 0 Å². The molecule has 2 unspecified atom stereocenters. The number of nitrogens with zero attached hydrogens (tertiary/aromatic N) is 3. The van der Waals surface area contributed by atoms with Gasteiger partial charge in [0.15, 0.2) is 0 Å². The molecule has 2 rings (SSSR count). The van der Waals surface area contributed by atoms with E-state index in [1.807, 2.05) is 0 Å². The molecule has 11 heteroatoms. The van der Waals surface area contributed by atoms with Gasteiger partial charge in [0.25, 0.3) is 0 Å². The van der Waals surface area contributed by atoms with Gasteiger partial charge in [-0.1, -0.05) is 12.8 Å². The normalized spacial score (nSPS) is 21.8. The van der Waals surface area contributed by atoms with E-state index in [9.17, 15) is 19.5 Å². The van der Waals surface area contributed by atoms with E-state index in [0.717, 1.165) is 12.8 Å². The number of aliphatic hydroxyl groups is 1. The van der Waals surface area contributed by atoms with Gasteiger partial charge in [0.05, 0.1) is 12.2 Å². The van der Waals surface area contributed by atoms with E-state index in [1.54, 1.807) is 12.4 Å². The van der Waals surface area contributed by atoms with Crippen molar-refractivity contribution in [2.24, 2.45) is 0 Å². The molecule has 1 aromatic rings. The van der Waals surface area contributed by atoms with E-state index < -0.39 is 23.9 Å². The molecular weight excluding hydrogens is 358 g/mol. The van der Waals surface area contributed by atoms with Crippen LogP contribution >= 0.6 is 0 Å². The summed E-state index contributed by atoms with van der Waals surface area (Å²) in [6.45, 7) is 1.71. The fourth-order valence-corrected chi connectivity index (χ4v) is 2.74. The van der Waals surface area contributed by atoms with Crippen LogP contribution < -0.4 is 16.5 Å². The summed E-state index contributed by atoms with van der Waals surface area (Å²) in [6, 6.07) is 0. The number of ether oxygens (including phenoxy) is 1. The van der Waals surface area contributed by atoms with Crippen LogP contribution in [0.1, 0.15) is 58.1 Å². The molecule has 2 heterocycles. The van der Waals surface area contributed by atoms with E-state index in [0.29, 0.717) is 12.8 Å². The second-order valence-corrected chi connectivity index (χ2v) is 6.47. The molecule has 0 saturated carbocycles. The maximum atomic E-state index is 12.1. The summed E-state index contributed by atoms with van der Waals surface area (Å²) in [5.41, 5.74) is 0.951. The number of carbonyl (C=O) groups is 2. The first-order valence-electron chi connectivity index (χ1n) is 8.92. The number of nitrogens with one attached hydrogen (secondary N) is 2. The van der Waals surface area contributed by atoms with E-state index in [-0.39, 0.29) is 37.2 Å². The molecule has 1 aliphatic rings. The zero-order valence-electron chi connectivity index (χ0n) is 15.1. The first kappa shape index (κ1) is 20.9. The average Bonchev–Trinajstić information content (AvgIpc) is 2.96. The molecule has 0 bridgehead atoms. The third kappa shape index (κ3) is 6.38. The zero-order chi connectivity index (χ0) is 19.8. The molecular formula is C16H25N5O6. The second-order valence-electron chi connectivity index (χ2n) is 6.47. The molecule has 0 spiro atoms. The summed E-state index contributed by atoms with van der Waals surface area (Å²) in [4.78, 5) is 42.5. The van der Waals surface area contributed by atoms with Crippen LogP contribution in [0.5, 0.6) is 0 Å². The van der Waals surface area contributed by atoms with E-state index in [1.165, 1.54) is 10.9 Å². The van der Waals surface area contributed by atoms with Crippen molar-refractivity contribution in [1.29, 1.82) is 0 Å². The highest BCUT2D eigenvalue weighted by molar-refractivity contribution is 5.88. The predicted octanol–water partition coefficient (Wildman–Crippen LogP) is 0.0911. The molecule has 4 N–H and O–H groups in total. The topological polar surface area (TPSA) is 156 Å². The fourth-order valence-electron chi connectivity index (χ4n) is 2.74. The number of amides is 2. The van der Waals surface area contributed by atoms with Crippen molar-refractivity contribution in [2.45, 2.75) is 70.3 Å². The number of carbonyl (C=O) groups excluding carboxylic acids is 2. The Morgan fingerprint density at radius 2 is 1.93 bits per heavy atom. The summed E-state index contributed by atoms with van der Waals surface area (Å²) >= 11 is 0. The number of anilines is 1. The zero-order valence-corrected chi connectivity index (χ0v) is 15.1. The van der Waals surface area contributed by atoms with Crippen LogP contribution in [0, 0.1) is 0 Å². The number of hydrogen-bond acceptors (Lipinski definition) is 8.